The summed E-state index contributed by atoms with van der Waals surface area (Å²) in [5.41, 5.74) is 1.37. The molecule has 23 heavy (non-hydrogen) atoms. The summed E-state index contributed by atoms with van der Waals surface area (Å²) in [6.07, 6.45) is 0. The monoisotopic (exact) mass is 351 g/mol. The first-order valence-electron chi connectivity index (χ1n) is 7.27. The summed E-state index contributed by atoms with van der Waals surface area (Å²) in [7, 11) is -1.95. The quantitative estimate of drug-likeness (QED) is 0.614. The Morgan fingerprint density at radius 2 is 1.70 bits per heavy atom. The summed E-state index contributed by atoms with van der Waals surface area (Å²) in [6.45, 7) is 3.94. The molecule has 0 amide bonds. The van der Waals surface area contributed by atoms with Gasteiger partial charge in [0, 0.05) is 17.2 Å². The lowest BCUT2D eigenvalue weighted by atomic mass is 10.1. The number of methoxy groups -OCH3 is 1. The zero-order valence-electron chi connectivity index (χ0n) is 13.5. The molecule has 0 heterocycles. The topological polar surface area (TPSA) is 55.4 Å². The van der Waals surface area contributed by atoms with Crippen LogP contribution < -0.4 is 9.46 Å². The van der Waals surface area contributed by atoms with Gasteiger partial charge >= 0.3 is 0 Å². The van der Waals surface area contributed by atoms with E-state index < -0.39 is 10.0 Å². The molecular formula is C17H21NO3S2. The van der Waals surface area contributed by atoms with E-state index in [0.29, 0.717) is 34.1 Å². The number of ether oxygens (including phenoxy) is 1. The highest BCUT2D eigenvalue weighted by atomic mass is 32.2. The van der Waals surface area contributed by atoms with Crippen LogP contribution in [0.3, 0.4) is 0 Å². The first-order chi connectivity index (χ1) is 10.9. The highest BCUT2D eigenvalue weighted by Crippen LogP contribution is 2.25. The van der Waals surface area contributed by atoms with Crippen molar-refractivity contribution >= 4 is 21.8 Å². The minimum atomic E-state index is -3.52. The first kappa shape index (κ1) is 17.8. The van der Waals surface area contributed by atoms with Gasteiger partial charge in [0.15, 0.2) is 0 Å². The number of sulfonamides is 1. The van der Waals surface area contributed by atoms with E-state index in [9.17, 15) is 8.42 Å². The molecule has 0 radical (unpaired) electrons. The minimum Gasteiger partial charge on any atom is -0.497 e. The molecule has 4 nitrogen and oxygen atoms in total. The molecule has 1 N–H and O–H groups in total. The van der Waals surface area contributed by atoms with Crippen LogP contribution in [0.1, 0.15) is 11.1 Å². The van der Waals surface area contributed by atoms with Crippen LogP contribution >= 0.6 is 11.8 Å². The average molecular weight is 351 g/mol. The van der Waals surface area contributed by atoms with Gasteiger partial charge in [0.25, 0.3) is 0 Å². The normalized spacial score (nSPS) is 11.4. The molecule has 0 spiro atoms. The van der Waals surface area contributed by atoms with Gasteiger partial charge in [-0.3, -0.25) is 0 Å². The van der Waals surface area contributed by atoms with E-state index >= 15 is 0 Å². The minimum absolute atomic E-state index is 0.336. The average Bonchev–Trinajstić information content (AvgIpc) is 2.51. The first-order valence-corrected chi connectivity index (χ1v) is 9.73. The van der Waals surface area contributed by atoms with Gasteiger partial charge in [-0.2, -0.15) is 0 Å². The van der Waals surface area contributed by atoms with Crippen molar-refractivity contribution in [2.75, 3.05) is 19.4 Å². The zero-order valence-corrected chi connectivity index (χ0v) is 15.1. The van der Waals surface area contributed by atoms with Crippen LogP contribution in [0.4, 0.5) is 0 Å². The second-order valence-electron chi connectivity index (χ2n) is 5.15. The Balaban J connectivity index is 2.02. The maximum Gasteiger partial charge on any atom is 0.241 e. The molecule has 2 rings (SSSR count). The number of hydrogen-bond acceptors (Lipinski definition) is 4. The predicted molar refractivity (Wildman–Crippen MR) is 94.8 cm³/mol. The molecule has 2 aromatic carbocycles. The van der Waals surface area contributed by atoms with E-state index in [2.05, 4.69) is 4.72 Å². The number of thioether (sulfide) groups is 1. The fourth-order valence-electron chi connectivity index (χ4n) is 2.39. The smallest absolute Gasteiger partial charge is 0.241 e. The predicted octanol–water partition coefficient (Wildman–Crippen LogP) is 3.38. The highest BCUT2D eigenvalue weighted by molar-refractivity contribution is 7.99. The van der Waals surface area contributed by atoms with Crippen molar-refractivity contribution in [2.45, 2.75) is 23.6 Å². The Kier molecular flexibility index (Phi) is 6.10. The number of benzene rings is 2. The number of rotatable bonds is 7. The van der Waals surface area contributed by atoms with Crippen LogP contribution in [-0.2, 0) is 10.0 Å². The van der Waals surface area contributed by atoms with E-state index in [4.69, 9.17) is 4.74 Å². The van der Waals surface area contributed by atoms with E-state index in [-0.39, 0.29) is 0 Å². The highest BCUT2D eigenvalue weighted by Gasteiger charge is 2.19. The third kappa shape index (κ3) is 4.73. The van der Waals surface area contributed by atoms with Crippen molar-refractivity contribution in [3.8, 4) is 5.75 Å². The maximum atomic E-state index is 12.5. The van der Waals surface area contributed by atoms with Crippen molar-refractivity contribution in [2.24, 2.45) is 0 Å². The van der Waals surface area contributed by atoms with Gasteiger partial charge in [0.05, 0.1) is 12.0 Å². The van der Waals surface area contributed by atoms with Gasteiger partial charge in [-0.25, -0.2) is 13.1 Å². The third-order valence-corrected chi connectivity index (χ3v) is 6.12. The zero-order chi connectivity index (χ0) is 16.9. The molecule has 0 bridgehead atoms. The Hall–Kier alpha value is -1.50. The molecule has 2 aromatic rings. The van der Waals surface area contributed by atoms with E-state index in [0.717, 1.165) is 4.90 Å². The van der Waals surface area contributed by atoms with Gasteiger partial charge in [-0.15, -0.1) is 11.8 Å². The van der Waals surface area contributed by atoms with Crippen LogP contribution in [-0.4, -0.2) is 27.8 Å². The Labute approximate surface area is 142 Å². The second-order valence-corrected chi connectivity index (χ2v) is 8.02. The molecule has 0 saturated heterocycles. The van der Waals surface area contributed by atoms with Crippen molar-refractivity contribution in [1.82, 2.24) is 4.72 Å². The lowest BCUT2D eigenvalue weighted by molar-refractivity contribution is 0.413. The summed E-state index contributed by atoms with van der Waals surface area (Å²) >= 11 is 1.62. The summed E-state index contributed by atoms with van der Waals surface area (Å²) in [6, 6.07) is 13.4. The lowest BCUT2D eigenvalue weighted by Gasteiger charge is -2.13. The Morgan fingerprint density at radius 1 is 1.09 bits per heavy atom. The summed E-state index contributed by atoms with van der Waals surface area (Å²) in [5, 5.41) is 0. The maximum absolute atomic E-state index is 12.5. The largest absolute Gasteiger partial charge is 0.497 e. The lowest BCUT2D eigenvalue weighted by Crippen LogP contribution is -2.27. The molecule has 124 valence electrons. The standard InChI is InChI=1S/C17H21NO3S2/c1-13-11-15(21-3)12-14(2)17(13)23(19,20)18-9-10-22-16-7-5-4-6-8-16/h4-8,11-12,18H,9-10H2,1-3H3. The van der Waals surface area contributed by atoms with Crippen molar-refractivity contribution in [3.63, 3.8) is 0 Å². The van der Waals surface area contributed by atoms with Crippen molar-refractivity contribution in [1.29, 1.82) is 0 Å². The van der Waals surface area contributed by atoms with E-state index in [1.807, 2.05) is 30.3 Å². The van der Waals surface area contributed by atoms with Crippen LogP contribution in [0.25, 0.3) is 0 Å². The molecule has 0 saturated carbocycles. The fourth-order valence-corrected chi connectivity index (χ4v) is 4.79. The van der Waals surface area contributed by atoms with Gasteiger partial charge in [-0.1, -0.05) is 18.2 Å². The summed E-state index contributed by atoms with van der Waals surface area (Å²) < 4.78 is 32.9. The van der Waals surface area contributed by atoms with Crippen LogP contribution in [0.15, 0.2) is 52.3 Å². The second kappa shape index (κ2) is 7.86. The molecule has 0 aliphatic heterocycles. The van der Waals surface area contributed by atoms with Crippen molar-refractivity contribution < 1.29 is 13.2 Å². The summed E-state index contributed by atoms with van der Waals surface area (Å²) in [4.78, 5) is 1.46. The van der Waals surface area contributed by atoms with E-state index in [1.165, 1.54) is 0 Å². The molecule has 0 aliphatic carbocycles. The molecular weight excluding hydrogens is 330 g/mol. The van der Waals surface area contributed by atoms with Crippen LogP contribution in [0.2, 0.25) is 0 Å². The molecule has 0 atom stereocenters. The molecule has 6 heteroatoms. The number of aryl methyl sites for hydroxylation is 2. The Bertz CT molecular complexity index is 736. The number of nitrogens with one attached hydrogen (secondary N) is 1. The van der Waals surface area contributed by atoms with Gasteiger partial charge in [-0.05, 0) is 49.2 Å². The van der Waals surface area contributed by atoms with Gasteiger partial charge in [0.2, 0.25) is 10.0 Å². The SMILES string of the molecule is COc1cc(C)c(S(=O)(=O)NCCSc2ccccc2)c(C)c1. The van der Waals surface area contributed by atoms with Crippen molar-refractivity contribution in [3.05, 3.63) is 53.6 Å². The molecule has 0 fully saturated rings. The third-order valence-electron chi connectivity index (χ3n) is 3.34. The molecule has 0 unspecified atom stereocenters. The number of hydrogen-bond donors (Lipinski definition) is 1. The molecule has 0 aliphatic rings. The van der Waals surface area contributed by atoms with E-state index in [1.54, 1.807) is 44.9 Å². The van der Waals surface area contributed by atoms with Crippen LogP contribution in [0.5, 0.6) is 5.75 Å². The fraction of sp³-hybridized carbons (Fsp3) is 0.294. The summed E-state index contributed by atoms with van der Waals surface area (Å²) in [5.74, 6) is 1.34. The van der Waals surface area contributed by atoms with Crippen LogP contribution in [0, 0.1) is 13.8 Å². The van der Waals surface area contributed by atoms with Gasteiger partial charge in [0.1, 0.15) is 5.75 Å². The van der Waals surface area contributed by atoms with Gasteiger partial charge < -0.3 is 4.74 Å². The Morgan fingerprint density at radius 3 is 2.26 bits per heavy atom. The molecule has 0 aromatic heterocycles.